The van der Waals surface area contributed by atoms with E-state index in [0.717, 1.165) is 15.1 Å². The first kappa shape index (κ1) is 26.3. The van der Waals surface area contributed by atoms with Crippen LogP contribution in [0.15, 0.2) is 95.9 Å². The zero-order chi connectivity index (χ0) is 26.3. The van der Waals surface area contributed by atoms with E-state index >= 15 is 0 Å². The summed E-state index contributed by atoms with van der Waals surface area (Å²) in [7, 11) is -4.10. The maximum atomic E-state index is 13.6. The van der Waals surface area contributed by atoms with Gasteiger partial charge in [-0.3, -0.25) is 9.10 Å². The molecule has 1 amide bonds. The molecule has 1 N–H and O–H groups in total. The first-order valence-corrected chi connectivity index (χ1v) is 13.6. The second-order valence-corrected chi connectivity index (χ2v) is 10.3. The lowest BCUT2D eigenvalue weighted by molar-refractivity contribution is -0.119. The molecule has 0 aliphatic heterocycles. The van der Waals surface area contributed by atoms with Gasteiger partial charge in [0, 0.05) is 10.4 Å². The summed E-state index contributed by atoms with van der Waals surface area (Å²) in [6.07, 6.45) is 0. The Labute approximate surface area is 221 Å². The highest BCUT2D eigenvalue weighted by Gasteiger charge is 2.29. The van der Waals surface area contributed by atoms with E-state index in [2.05, 4.69) is 5.32 Å². The van der Waals surface area contributed by atoms with Crippen molar-refractivity contribution in [3.63, 3.8) is 0 Å². The van der Waals surface area contributed by atoms with Crippen LogP contribution in [0.3, 0.4) is 0 Å². The van der Waals surface area contributed by atoms with Crippen LogP contribution in [0.5, 0.6) is 11.5 Å². The first-order chi connectivity index (χ1) is 17.9. The number of halogens is 1. The van der Waals surface area contributed by atoms with E-state index in [-0.39, 0.29) is 23.7 Å². The average Bonchev–Trinajstić information content (AvgIpc) is 2.90. The van der Waals surface area contributed by atoms with Crippen molar-refractivity contribution in [1.82, 2.24) is 5.32 Å². The lowest BCUT2D eigenvalue weighted by Gasteiger charge is -2.26. The second kappa shape index (κ2) is 12.0. The molecule has 0 aromatic heterocycles. The SMILES string of the molecule is CCOc1ccccc1N(CC(=O)NCCOc1cccc2ccccc12)S(=O)(=O)c1ccc(Cl)cc1. The third kappa shape index (κ3) is 6.34. The van der Waals surface area contributed by atoms with Gasteiger partial charge in [-0.2, -0.15) is 0 Å². The molecule has 192 valence electrons. The van der Waals surface area contributed by atoms with Gasteiger partial charge in [-0.15, -0.1) is 0 Å². The van der Waals surface area contributed by atoms with Crippen molar-refractivity contribution in [3.05, 3.63) is 96.0 Å². The topological polar surface area (TPSA) is 84.9 Å². The maximum Gasteiger partial charge on any atom is 0.264 e. The Morgan fingerprint density at radius 3 is 2.32 bits per heavy atom. The van der Waals surface area contributed by atoms with Crippen molar-refractivity contribution in [2.45, 2.75) is 11.8 Å². The fourth-order valence-electron chi connectivity index (χ4n) is 3.83. The summed E-state index contributed by atoms with van der Waals surface area (Å²) in [6, 6.07) is 26.1. The largest absolute Gasteiger partial charge is 0.492 e. The van der Waals surface area contributed by atoms with Crippen molar-refractivity contribution in [2.24, 2.45) is 0 Å². The van der Waals surface area contributed by atoms with Crippen molar-refractivity contribution < 1.29 is 22.7 Å². The molecule has 9 heteroatoms. The normalized spacial score (nSPS) is 11.2. The predicted molar refractivity (Wildman–Crippen MR) is 146 cm³/mol. The fourth-order valence-corrected chi connectivity index (χ4v) is 5.39. The van der Waals surface area contributed by atoms with Gasteiger partial charge in [-0.1, -0.05) is 60.1 Å². The molecule has 0 unspecified atom stereocenters. The number of rotatable bonds is 11. The van der Waals surface area contributed by atoms with Gasteiger partial charge in [0.05, 0.1) is 23.7 Å². The minimum absolute atomic E-state index is 0.00953. The predicted octanol–water partition coefficient (Wildman–Crippen LogP) is 5.28. The highest BCUT2D eigenvalue weighted by Crippen LogP contribution is 2.32. The lowest BCUT2D eigenvalue weighted by atomic mass is 10.1. The number of nitrogens with one attached hydrogen (secondary N) is 1. The molecular weight excluding hydrogens is 512 g/mol. The number of hydrogen-bond donors (Lipinski definition) is 1. The Bertz CT molecular complexity index is 1470. The summed E-state index contributed by atoms with van der Waals surface area (Å²) < 4.78 is 39.8. The molecular formula is C28H27ClN2O5S. The number of ether oxygens (including phenoxy) is 2. The van der Waals surface area contributed by atoms with Crippen LogP contribution in [0.4, 0.5) is 5.69 Å². The smallest absolute Gasteiger partial charge is 0.264 e. The van der Waals surface area contributed by atoms with Crippen LogP contribution in [-0.4, -0.2) is 40.6 Å². The quantitative estimate of drug-likeness (QED) is 0.263. The molecule has 0 atom stereocenters. The minimum atomic E-state index is -4.10. The number of amides is 1. The molecule has 37 heavy (non-hydrogen) atoms. The average molecular weight is 539 g/mol. The van der Waals surface area contributed by atoms with Crippen molar-refractivity contribution in [1.29, 1.82) is 0 Å². The van der Waals surface area contributed by atoms with Crippen LogP contribution in [0, 0.1) is 0 Å². The zero-order valence-electron chi connectivity index (χ0n) is 20.3. The van der Waals surface area contributed by atoms with E-state index in [1.807, 2.05) is 42.5 Å². The van der Waals surface area contributed by atoms with Crippen molar-refractivity contribution in [2.75, 3.05) is 30.6 Å². The number of carbonyl (C=O) groups excluding carboxylic acids is 1. The van der Waals surface area contributed by atoms with Crippen LogP contribution < -0.4 is 19.1 Å². The number of fused-ring (bicyclic) bond motifs is 1. The maximum absolute atomic E-state index is 13.6. The molecule has 0 fully saturated rings. The lowest BCUT2D eigenvalue weighted by Crippen LogP contribution is -2.42. The van der Waals surface area contributed by atoms with E-state index in [4.69, 9.17) is 21.1 Å². The standard InChI is InChI=1S/C28H27ClN2O5S/c1-2-35-27-12-6-5-11-25(27)31(37(33,34)23-16-14-22(29)15-17-23)20-28(32)30-18-19-36-26-13-7-9-21-8-3-4-10-24(21)26/h3-17H,2,18-20H2,1H3,(H,30,32). The van der Waals surface area contributed by atoms with Crippen LogP contribution in [-0.2, 0) is 14.8 Å². The molecule has 0 spiro atoms. The molecule has 0 heterocycles. The highest BCUT2D eigenvalue weighted by atomic mass is 35.5. The Morgan fingerprint density at radius 1 is 0.865 bits per heavy atom. The van der Waals surface area contributed by atoms with Crippen molar-refractivity contribution in [3.8, 4) is 11.5 Å². The molecule has 0 aliphatic carbocycles. The van der Waals surface area contributed by atoms with Gasteiger partial charge >= 0.3 is 0 Å². The van der Waals surface area contributed by atoms with E-state index in [1.165, 1.54) is 24.3 Å². The van der Waals surface area contributed by atoms with Gasteiger partial charge in [-0.05, 0) is 54.8 Å². The van der Waals surface area contributed by atoms with Gasteiger partial charge in [0.15, 0.2) is 0 Å². The molecule has 0 saturated carbocycles. The van der Waals surface area contributed by atoms with Gasteiger partial charge < -0.3 is 14.8 Å². The number of benzene rings is 4. The number of anilines is 1. The zero-order valence-corrected chi connectivity index (χ0v) is 21.8. The van der Waals surface area contributed by atoms with Crippen molar-refractivity contribution >= 4 is 44.0 Å². The van der Waals surface area contributed by atoms with Gasteiger partial charge in [0.25, 0.3) is 10.0 Å². The van der Waals surface area contributed by atoms with E-state index in [0.29, 0.717) is 23.1 Å². The van der Waals surface area contributed by atoms with E-state index in [1.54, 1.807) is 31.2 Å². The number of para-hydroxylation sites is 2. The van der Waals surface area contributed by atoms with Gasteiger partial charge in [-0.25, -0.2) is 8.42 Å². The Hall–Kier alpha value is -3.75. The molecule has 0 aliphatic rings. The minimum Gasteiger partial charge on any atom is -0.492 e. The summed E-state index contributed by atoms with van der Waals surface area (Å²) >= 11 is 5.95. The van der Waals surface area contributed by atoms with Gasteiger partial charge in [0.2, 0.25) is 5.91 Å². The molecule has 0 saturated heterocycles. The molecule has 4 rings (SSSR count). The van der Waals surface area contributed by atoms with Crippen LogP contribution >= 0.6 is 11.6 Å². The molecule has 7 nitrogen and oxygen atoms in total. The number of sulfonamides is 1. The second-order valence-electron chi connectivity index (χ2n) is 8.04. The third-order valence-electron chi connectivity index (χ3n) is 5.55. The number of nitrogens with zero attached hydrogens (tertiary/aromatic N) is 1. The summed E-state index contributed by atoms with van der Waals surface area (Å²) in [6.45, 7) is 2.12. The third-order valence-corrected chi connectivity index (χ3v) is 7.58. The Balaban J connectivity index is 1.49. The molecule has 4 aromatic carbocycles. The van der Waals surface area contributed by atoms with Gasteiger partial charge in [0.1, 0.15) is 24.7 Å². The molecule has 4 aromatic rings. The molecule has 0 radical (unpaired) electrons. The van der Waals surface area contributed by atoms with E-state index in [9.17, 15) is 13.2 Å². The Morgan fingerprint density at radius 2 is 1.54 bits per heavy atom. The summed E-state index contributed by atoms with van der Waals surface area (Å²) in [5.41, 5.74) is 0.265. The van der Waals surface area contributed by atoms with Crippen LogP contribution in [0.2, 0.25) is 5.02 Å². The first-order valence-electron chi connectivity index (χ1n) is 11.8. The van der Waals surface area contributed by atoms with Crippen LogP contribution in [0.25, 0.3) is 10.8 Å². The number of carbonyl (C=O) groups is 1. The van der Waals surface area contributed by atoms with E-state index < -0.39 is 22.5 Å². The number of hydrogen-bond acceptors (Lipinski definition) is 5. The Kier molecular flexibility index (Phi) is 8.53. The summed E-state index contributed by atoms with van der Waals surface area (Å²) in [4.78, 5) is 12.9. The monoisotopic (exact) mass is 538 g/mol. The molecule has 0 bridgehead atoms. The fraction of sp³-hybridized carbons (Fsp3) is 0.179. The summed E-state index contributed by atoms with van der Waals surface area (Å²) in [5.74, 6) is 0.588. The summed E-state index contributed by atoms with van der Waals surface area (Å²) in [5, 5.41) is 5.19. The van der Waals surface area contributed by atoms with Crippen LogP contribution in [0.1, 0.15) is 6.92 Å². The highest BCUT2D eigenvalue weighted by molar-refractivity contribution is 7.92.